The standard InChI is InChI=1S/C29H33N5O6/c1-21(2)32(16-22-10-6-4-7-11-22)24(35)19-40-25(36)18-34-28(37)26-27(30-20-31(26)14-15-39-3)33(29(34)38)17-23-12-8-5-9-13-23/h4-13,20-21H,14-19H2,1-3H3. The lowest BCUT2D eigenvalue weighted by atomic mass is 10.2. The first kappa shape index (κ1) is 28.5. The molecule has 0 aliphatic rings. The molecule has 2 heterocycles. The van der Waals surface area contributed by atoms with E-state index in [4.69, 9.17) is 9.47 Å². The van der Waals surface area contributed by atoms with Crippen LogP contribution >= 0.6 is 0 Å². The van der Waals surface area contributed by atoms with Crippen LogP contribution < -0.4 is 11.2 Å². The molecule has 0 bridgehead atoms. The van der Waals surface area contributed by atoms with Crippen molar-refractivity contribution in [2.45, 2.75) is 46.1 Å². The van der Waals surface area contributed by atoms with Crippen molar-refractivity contribution >= 4 is 23.0 Å². The number of ether oxygens (including phenoxy) is 2. The van der Waals surface area contributed by atoms with Gasteiger partial charge in [0.15, 0.2) is 17.8 Å². The van der Waals surface area contributed by atoms with Crippen molar-refractivity contribution in [1.29, 1.82) is 0 Å². The van der Waals surface area contributed by atoms with Gasteiger partial charge in [-0.3, -0.25) is 19.0 Å². The summed E-state index contributed by atoms with van der Waals surface area (Å²) >= 11 is 0. The van der Waals surface area contributed by atoms with Crippen LogP contribution in [0.2, 0.25) is 0 Å². The Balaban J connectivity index is 1.58. The second-order valence-corrected chi connectivity index (χ2v) is 9.61. The summed E-state index contributed by atoms with van der Waals surface area (Å²) in [6.45, 7) is 3.75. The highest BCUT2D eigenvalue weighted by molar-refractivity contribution is 5.81. The van der Waals surface area contributed by atoms with Crippen LogP contribution in [0.3, 0.4) is 0 Å². The van der Waals surface area contributed by atoms with Crippen LogP contribution in [0.4, 0.5) is 0 Å². The quantitative estimate of drug-likeness (QED) is 0.249. The number of hydrogen-bond donors (Lipinski definition) is 0. The average Bonchev–Trinajstić information content (AvgIpc) is 3.38. The third-order valence-corrected chi connectivity index (χ3v) is 6.49. The molecule has 0 fully saturated rings. The fourth-order valence-corrected chi connectivity index (χ4v) is 4.38. The summed E-state index contributed by atoms with van der Waals surface area (Å²) in [5, 5.41) is 0. The molecule has 2 aromatic heterocycles. The number of carbonyl (C=O) groups excluding carboxylic acids is 2. The van der Waals surface area contributed by atoms with E-state index in [0.29, 0.717) is 19.7 Å². The van der Waals surface area contributed by atoms with Crippen molar-refractivity contribution < 1.29 is 19.1 Å². The minimum absolute atomic E-state index is 0.131. The Morgan fingerprint density at radius 1 is 0.950 bits per heavy atom. The molecule has 0 N–H and O–H groups in total. The van der Waals surface area contributed by atoms with Gasteiger partial charge in [-0.05, 0) is 25.0 Å². The highest BCUT2D eigenvalue weighted by Gasteiger charge is 2.22. The molecule has 11 nitrogen and oxygen atoms in total. The van der Waals surface area contributed by atoms with Crippen LogP contribution in [0.5, 0.6) is 0 Å². The van der Waals surface area contributed by atoms with Crippen molar-refractivity contribution in [1.82, 2.24) is 23.6 Å². The lowest BCUT2D eigenvalue weighted by molar-refractivity contribution is -0.153. The number of esters is 1. The van der Waals surface area contributed by atoms with E-state index < -0.39 is 30.4 Å². The monoisotopic (exact) mass is 547 g/mol. The molecular formula is C29H33N5O6. The molecule has 0 aliphatic carbocycles. The fraction of sp³-hybridized carbons (Fsp3) is 0.345. The fourth-order valence-electron chi connectivity index (χ4n) is 4.38. The van der Waals surface area contributed by atoms with Crippen LogP contribution in [0.25, 0.3) is 11.2 Å². The lowest BCUT2D eigenvalue weighted by Crippen LogP contribution is -2.43. The second kappa shape index (κ2) is 13.0. The summed E-state index contributed by atoms with van der Waals surface area (Å²) in [6.07, 6.45) is 1.47. The summed E-state index contributed by atoms with van der Waals surface area (Å²) < 4.78 is 14.2. The number of fused-ring (bicyclic) bond motifs is 1. The topological polar surface area (TPSA) is 118 Å². The van der Waals surface area contributed by atoms with Gasteiger partial charge in [-0.1, -0.05) is 60.7 Å². The first-order chi connectivity index (χ1) is 19.3. The third kappa shape index (κ3) is 6.55. The van der Waals surface area contributed by atoms with Gasteiger partial charge in [0.05, 0.1) is 19.5 Å². The molecule has 210 valence electrons. The van der Waals surface area contributed by atoms with Gasteiger partial charge in [-0.25, -0.2) is 14.3 Å². The average molecular weight is 548 g/mol. The Bertz CT molecular complexity index is 1570. The van der Waals surface area contributed by atoms with Crippen molar-refractivity contribution in [2.24, 2.45) is 0 Å². The second-order valence-electron chi connectivity index (χ2n) is 9.61. The molecule has 0 aliphatic heterocycles. The van der Waals surface area contributed by atoms with Crippen molar-refractivity contribution in [2.75, 3.05) is 20.3 Å². The first-order valence-corrected chi connectivity index (χ1v) is 13.0. The maximum atomic E-state index is 13.5. The third-order valence-electron chi connectivity index (χ3n) is 6.49. The zero-order valence-corrected chi connectivity index (χ0v) is 22.9. The molecule has 0 radical (unpaired) electrons. The number of nitrogens with zero attached hydrogens (tertiary/aromatic N) is 5. The predicted octanol–water partition coefficient (Wildman–Crippen LogP) is 2.03. The van der Waals surface area contributed by atoms with Crippen molar-refractivity contribution in [3.63, 3.8) is 0 Å². The normalized spacial score (nSPS) is 11.2. The first-order valence-electron chi connectivity index (χ1n) is 13.0. The molecule has 11 heteroatoms. The van der Waals surface area contributed by atoms with E-state index in [1.165, 1.54) is 10.9 Å². The number of amides is 1. The molecule has 0 spiro atoms. The van der Waals surface area contributed by atoms with Gasteiger partial charge in [0.1, 0.15) is 6.54 Å². The Morgan fingerprint density at radius 2 is 1.60 bits per heavy atom. The number of benzene rings is 2. The molecule has 2 aromatic carbocycles. The summed E-state index contributed by atoms with van der Waals surface area (Å²) in [7, 11) is 1.54. The highest BCUT2D eigenvalue weighted by Crippen LogP contribution is 2.11. The summed E-state index contributed by atoms with van der Waals surface area (Å²) in [4.78, 5) is 58.6. The van der Waals surface area contributed by atoms with Gasteiger partial charge in [0.2, 0.25) is 0 Å². The highest BCUT2D eigenvalue weighted by atomic mass is 16.5. The molecule has 0 saturated heterocycles. The Morgan fingerprint density at radius 3 is 2.23 bits per heavy atom. The maximum Gasteiger partial charge on any atom is 0.333 e. The molecule has 1 amide bonds. The predicted molar refractivity (Wildman–Crippen MR) is 149 cm³/mol. The van der Waals surface area contributed by atoms with Crippen molar-refractivity contribution in [3.8, 4) is 0 Å². The molecular weight excluding hydrogens is 514 g/mol. The molecule has 0 atom stereocenters. The van der Waals surface area contributed by atoms with E-state index in [2.05, 4.69) is 4.98 Å². The summed E-state index contributed by atoms with van der Waals surface area (Å²) in [6, 6.07) is 18.6. The zero-order valence-electron chi connectivity index (χ0n) is 22.9. The Hall–Kier alpha value is -4.51. The maximum absolute atomic E-state index is 13.5. The molecule has 0 unspecified atom stereocenters. The summed E-state index contributed by atoms with van der Waals surface area (Å²) in [5.74, 6) is -1.25. The minimum Gasteiger partial charge on any atom is -0.454 e. The van der Waals surface area contributed by atoms with Crippen molar-refractivity contribution in [3.05, 3.63) is 99.0 Å². The zero-order chi connectivity index (χ0) is 28.6. The van der Waals surface area contributed by atoms with Gasteiger partial charge in [-0.15, -0.1) is 0 Å². The SMILES string of the molecule is COCCn1cnc2c1c(=O)n(CC(=O)OCC(=O)N(Cc1ccccc1)C(C)C)c(=O)n2Cc1ccccc1. The smallest absolute Gasteiger partial charge is 0.333 e. The number of methoxy groups -OCH3 is 1. The summed E-state index contributed by atoms with van der Waals surface area (Å²) in [5.41, 5.74) is 0.778. The lowest BCUT2D eigenvalue weighted by Gasteiger charge is -2.26. The number of imidazole rings is 1. The molecule has 4 rings (SSSR count). The Labute approximate surface area is 231 Å². The van der Waals surface area contributed by atoms with Gasteiger partial charge in [0, 0.05) is 26.2 Å². The van der Waals surface area contributed by atoms with Crippen LogP contribution in [-0.2, 0) is 45.2 Å². The van der Waals surface area contributed by atoms with Crippen LogP contribution in [0.15, 0.2) is 76.6 Å². The number of rotatable bonds is 12. The van der Waals surface area contributed by atoms with E-state index in [1.54, 1.807) is 16.6 Å². The van der Waals surface area contributed by atoms with Crippen LogP contribution in [0, 0.1) is 0 Å². The van der Waals surface area contributed by atoms with E-state index in [-0.39, 0.29) is 29.7 Å². The Kier molecular flexibility index (Phi) is 9.28. The number of aromatic nitrogens is 4. The van der Waals surface area contributed by atoms with E-state index in [1.807, 2.05) is 74.5 Å². The largest absolute Gasteiger partial charge is 0.454 e. The number of carbonyl (C=O) groups is 2. The van der Waals surface area contributed by atoms with Gasteiger partial charge >= 0.3 is 11.7 Å². The molecule has 0 saturated carbocycles. The van der Waals surface area contributed by atoms with Crippen LogP contribution in [0.1, 0.15) is 25.0 Å². The van der Waals surface area contributed by atoms with Gasteiger partial charge in [0.25, 0.3) is 11.5 Å². The number of hydrogen-bond acceptors (Lipinski definition) is 7. The van der Waals surface area contributed by atoms with E-state index in [9.17, 15) is 19.2 Å². The van der Waals surface area contributed by atoms with E-state index in [0.717, 1.165) is 15.7 Å². The minimum atomic E-state index is -0.871. The van der Waals surface area contributed by atoms with Crippen LogP contribution in [-0.4, -0.2) is 61.8 Å². The molecule has 40 heavy (non-hydrogen) atoms. The van der Waals surface area contributed by atoms with Gasteiger partial charge < -0.3 is 18.9 Å². The van der Waals surface area contributed by atoms with E-state index >= 15 is 0 Å². The molecule has 4 aromatic rings. The van der Waals surface area contributed by atoms with Gasteiger partial charge in [-0.2, -0.15) is 0 Å².